The van der Waals surface area contributed by atoms with E-state index < -0.39 is 0 Å². The van der Waals surface area contributed by atoms with Gasteiger partial charge in [0.15, 0.2) is 5.78 Å². The number of nitrogens with zero attached hydrogens (tertiary/aromatic N) is 2. The molecule has 0 spiro atoms. The third kappa shape index (κ3) is 4.06. The van der Waals surface area contributed by atoms with Crippen LogP contribution in [0.15, 0.2) is 48.5 Å². The highest BCUT2D eigenvalue weighted by atomic mass is 16.1. The van der Waals surface area contributed by atoms with E-state index in [2.05, 4.69) is 22.9 Å². The number of piperazine rings is 1. The molecule has 1 heterocycles. The Morgan fingerprint density at radius 3 is 2.30 bits per heavy atom. The van der Waals surface area contributed by atoms with Gasteiger partial charge in [0.2, 0.25) is 0 Å². The van der Waals surface area contributed by atoms with Crippen molar-refractivity contribution in [1.29, 1.82) is 0 Å². The molecule has 23 heavy (non-hydrogen) atoms. The molecule has 1 aliphatic rings. The Kier molecular flexibility index (Phi) is 4.89. The number of carbonyl (C=O) groups excluding carboxylic acids is 1. The van der Waals surface area contributed by atoms with Crippen LogP contribution in [0, 0.1) is 6.92 Å². The molecule has 0 bridgehead atoms. The van der Waals surface area contributed by atoms with Gasteiger partial charge in [-0.05, 0) is 31.7 Å². The van der Waals surface area contributed by atoms with Crippen LogP contribution in [-0.4, -0.2) is 48.8 Å². The molecule has 1 fully saturated rings. The summed E-state index contributed by atoms with van der Waals surface area (Å²) in [4.78, 5) is 17.5. The average Bonchev–Trinajstić information content (AvgIpc) is 2.56. The van der Waals surface area contributed by atoms with Crippen LogP contribution in [-0.2, 0) is 6.54 Å². The second-order valence-corrected chi connectivity index (χ2v) is 6.48. The molecular weight excluding hydrogens is 284 g/mol. The van der Waals surface area contributed by atoms with Crippen LogP contribution >= 0.6 is 0 Å². The van der Waals surface area contributed by atoms with Crippen molar-refractivity contribution in [3.8, 4) is 0 Å². The predicted molar refractivity (Wildman–Crippen MR) is 93.8 cm³/mol. The Morgan fingerprint density at radius 2 is 1.61 bits per heavy atom. The molecular formula is C20H24N2O. The summed E-state index contributed by atoms with van der Waals surface area (Å²) in [5.74, 6) is 0.105. The van der Waals surface area contributed by atoms with Crippen LogP contribution in [0.1, 0.15) is 27.0 Å². The first kappa shape index (κ1) is 15.9. The fraction of sp³-hybridized carbons (Fsp3) is 0.350. The van der Waals surface area contributed by atoms with Gasteiger partial charge in [-0.1, -0.05) is 42.0 Å². The van der Waals surface area contributed by atoms with Crippen molar-refractivity contribution in [3.63, 3.8) is 0 Å². The van der Waals surface area contributed by atoms with Crippen molar-refractivity contribution < 1.29 is 4.79 Å². The van der Waals surface area contributed by atoms with Gasteiger partial charge < -0.3 is 4.90 Å². The number of likely N-dealkylation sites (N-methyl/N-ethyl adjacent to an activating group) is 1. The summed E-state index contributed by atoms with van der Waals surface area (Å²) in [6.07, 6.45) is 0. The molecule has 2 aromatic rings. The molecule has 0 aromatic heterocycles. The van der Waals surface area contributed by atoms with E-state index in [4.69, 9.17) is 0 Å². The fourth-order valence-corrected chi connectivity index (χ4v) is 3.03. The quantitative estimate of drug-likeness (QED) is 0.811. The molecule has 0 saturated carbocycles. The maximum absolute atomic E-state index is 12.7. The zero-order valence-electron chi connectivity index (χ0n) is 14.0. The van der Waals surface area contributed by atoms with Crippen LogP contribution in [0.4, 0.5) is 0 Å². The molecule has 2 aromatic carbocycles. The van der Waals surface area contributed by atoms with E-state index in [0.29, 0.717) is 0 Å². The summed E-state index contributed by atoms with van der Waals surface area (Å²) >= 11 is 0. The third-order valence-electron chi connectivity index (χ3n) is 4.47. The maximum Gasteiger partial charge on any atom is 0.193 e. The summed E-state index contributed by atoms with van der Waals surface area (Å²) in [7, 11) is 2.17. The van der Waals surface area contributed by atoms with Crippen molar-refractivity contribution >= 4 is 5.78 Å². The zero-order valence-corrected chi connectivity index (χ0v) is 14.0. The molecule has 120 valence electrons. The van der Waals surface area contributed by atoms with E-state index in [0.717, 1.165) is 49.4 Å². The molecule has 0 radical (unpaired) electrons. The van der Waals surface area contributed by atoms with Gasteiger partial charge in [-0.3, -0.25) is 9.69 Å². The summed E-state index contributed by atoms with van der Waals surface area (Å²) in [5, 5.41) is 0. The molecule has 0 aliphatic carbocycles. The van der Waals surface area contributed by atoms with Gasteiger partial charge >= 0.3 is 0 Å². The first-order chi connectivity index (χ1) is 11.1. The van der Waals surface area contributed by atoms with E-state index in [1.807, 2.05) is 49.4 Å². The number of ketones is 1. The van der Waals surface area contributed by atoms with Crippen molar-refractivity contribution in [1.82, 2.24) is 9.80 Å². The predicted octanol–water partition coefficient (Wildman–Crippen LogP) is 2.97. The molecule has 0 amide bonds. The second-order valence-electron chi connectivity index (χ2n) is 6.48. The van der Waals surface area contributed by atoms with Gasteiger partial charge in [-0.25, -0.2) is 0 Å². The lowest BCUT2D eigenvalue weighted by Crippen LogP contribution is -2.43. The van der Waals surface area contributed by atoms with Crippen LogP contribution in [0.3, 0.4) is 0 Å². The normalized spacial score (nSPS) is 16.4. The van der Waals surface area contributed by atoms with Crippen LogP contribution in [0.2, 0.25) is 0 Å². The van der Waals surface area contributed by atoms with Gasteiger partial charge in [-0.2, -0.15) is 0 Å². The Labute approximate surface area is 138 Å². The van der Waals surface area contributed by atoms with Gasteiger partial charge in [0.25, 0.3) is 0 Å². The van der Waals surface area contributed by atoms with Crippen molar-refractivity contribution in [2.75, 3.05) is 33.2 Å². The molecule has 0 atom stereocenters. The van der Waals surface area contributed by atoms with Crippen LogP contribution in [0.25, 0.3) is 0 Å². The van der Waals surface area contributed by atoms with Crippen molar-refractivity contribution in [3.05, 3.63) is 70.8 Å². The number of hydrogen-bond acceptors (Lipinski definition) is 3. The monoisotopic (exact) mass is 308 g/mol. The Bertz CT molecular complexity index is 688. The number of hydrogen-bond donors (Lipinski definition) is 0. The fourth-order valence-electron chi connectivity index (χ4n) is 3.03. The highest BCUT2D eigenvalue weighted by molar-refractivity contribution is 6.09. The number of aryl methyl sites for hydroxylation is 1. The molecule has 0 unspecified atom stereocenters. The standard InChI is InChI=1S/C20H24N2O/c1-16-5-3-7-18(13-16)20(23)19-8-4-6-17(14-19)15-22-11-9-21(2)10-12-22/h3-8,13-14H,9-12,15H2,1-2H3. The van der Waals surface area contributed by atoms with Crippen molar-refractivity contribution in [2.24, 2.45) is 0 Å². The highest BCUT2D eigenvalue weighted by Gasteiger charge is 2.15. The van der Waals surface area contributed by atoms with E-state index in [1.54, 1.807) is 0 Å². The largest absolute Gasteiger partial charge is 0.304 e. The van der Waals surface area contributed by atoms with E-state index in [-0.39, 0.29) is 5.78 Å². The van der Waals surface area contributed by atoms with Crippen LogP contribution in [0.5, 0.6) is 0 Å². The Hall–Kier alpha value is -1.97. The van der Waals surface area contributed by atoms with Gasteiger partial charge in [-0.15, -0.1) is 0 Å². The maximum atomic E-state index is 12.7. The van der Waals surface area contributed by atoms with E-state index in [9.17, 15) is 4.79 Å². The van der Waals surface area contributed by atoms with Crippen molar-refractivity contribution in [2.45, 2.75) is 13.5 Å². The highest BCUT2D eigenvalue weighted by Crippen LogP contribution is 2.15. The smallest absolute Gasteiger partial charge is 0.193 e. The summed E-state index contributed by atoms with van der Waals surface area (Å²) in [5.41, 5.74) is 3.88. The molecule has 3 rings (SSSR count). The van der Waals surface area contributed by atoms with E-state index >= 15 is 0 Å². The first-order valence-corrected chi connectivity index (χ1v) is 8.23. The minimum absolute atomic E-state index is 0.105. The average molecular weight is 308 g/mol. The molecule has 3 nitrogen and oxygen atoms in total. The minimum atomic E-state index is 0.105. The summed E-state index contributed by atoms with van der Waals surface area (Å²) < 4.78 is 0. The van der Waals surface area contributed by atoms with Gasteiger partial charge in [0, 0.05) is 43.9 Å². The first-order valence-electron chi connectivity index (χ1n) is 8.23. The summed E-state index contributed by atoms with van der Waals surface area (Å²) in [6, 6.07) is 15.9. The van der Waals surface area contributed by atoms with Gasteiger partial charge in [0.1, 0.15) is 0 Å². The molecule has 1 aliphatic heterocycles. The summed E-state index contributed by atoms with van der Waals surface area (Å²) in [6.45, 7) is 7.34. The Morgan fingerprint density at radius 1 is 0.957 bits per heavy atom. The van der Waals surface area contributed by atoms with Crippen LogP contribution < -0.4 is 0 Å². The van der Waals surface area contributed by atoms with Gasteiger partial charge in [0.05, 0.1) is 0 Å². The third-order valence-corrected chi connectivity index (χ3v) is 4.47. The number of rotatable bonds is 4. The second kappa shape index (κ2) is 7.07. The molecule has 3 heteroatoms. The lowest BCUT2D eigenvalue weighted by molar-refractivity contribution is 0.103. The Balaban J connectivity index is 1.73. The molecule has 1 saturated heterocycles. The minimum Gasteiger partial charge on any atom is -0.304 e. The van der Waals surface area contributed by atoms with E-state index in [1.165, 1.54) is 5.56 Å². The molecule has 0 N–H and O–H groups in total. The number of carbonyl (C=O) groups is 1. The lowest BCUT2D eigenvalue weighted by atomic mass is 10.00. The number of benzene rings is 2. The topological polar surface area (TPSA) is 23.6 Å². The zero-order chi connectivity index (χ0) is 16.2. The lowest BCUT2D eigenvalue weighted by Gasteiger charge is -2.32. The SMILES string of the molecule is Cc1cccc(C(=O)c2cccc(CN3CCN(C)CC3)c2)c1.